The Bertz CT molecular complexity index is 972. The standard InChI is InChI=1S/C23H28N4O2/c1-16-15-24-23(29-16)20-14-17-4-2-3-5-21(17)26-22(20)27-10-6-18(7-11-27)25-19-8-12-28-13-9-19/h2-5,14-15,18-19,25H,6-13H2,1H3. The fourth-order valence-corrected chi connectivity index (χ4v) is 4.44. The molecular weight excluding hydrogens is 364 g/mol. The lowest BCUT2D eigenvalue weighted by atomic mass is 10.0. The van der Waals surface area contributed by atoms with Crippen LogP contribution in [0.15, 0.2) is 40.9 Å². The lowest BCUT2D eigenvalue weighted by Crippen LogP contribution is -2.48. The summed E-state index contributed by atoms with van der Waals surface area (Å²) in [6, 6.07) is 11.6. The summed E-state index contributed by atoms with van der Waals surface area (Å²) >= 11 is 0. The number of para-hydroxylation sites is 1. The molecule has 5 rings (SSSR count). The van der Waals surface area contributed by atoms with Crippen LogP contribution in [-0.4, -0.2) is 48.4 Å². The molecule has 3 aromatic rings. The van der Waals surface area contributed by atoms with Gasteiger partial charge in [0.25, 0.3) is 0 Å². The van der Waals surface area contributed by atoms with E-state index in [0.29, 0.717) is 18.0 Å². The molecule has 0 atom stereocenters. The largest absolute Gasteiger partial charge is 0.441 e. The number of aryl methyl sites for hydroxylation is 1. The number of fused-ring (bicyclic) bond motifs is 1. The smallest absolute Gasteiger partial charge is 0.229 e. The fourth-order valence-electron chi connectivity index (χ4n) is 4.44. The van der Waals surface area contributed by atoms with Crippen molar-refractivity contribution in [2.24, 2.45) is 0 Å². The molecule has 0 radical (unpaired) electrons. The van der Waals surface area contributed by atoms with Gasteiger partial charge in [0.1, 0.15) is 11.6 Å². The molecule has 152 valence electrons. The predicted molar refractivity (Wildman–Crippen MR) is 114 cm³/mol. The van der Waals surface area contributed by atoms with Crippen LogP contribution in [0.1, 0.15) is 31.4 Å². The number of anilines is 1. The van der Waals surface area contributed by atoms with E-state index in [2.05, 4.69) is 33.4 Å². The van der Waals surface area contributed by atoms with Gasteiger partial charge < -0.3 is 19.4 Å². The zero-order valence-corrected chi connectivity index (χ0v) is 16.9. The van der Waals surface area contributed by atoms with Crippen LogP contribution in [0.2, 0.25) is 0 Å². The number of aromatic nitrogens is 2. The SMILES string of the molecule is Cc1cnc(-c2cc3ccccc3nc2N2CCC(NC3CCOCC3)CC2)o1. The topological polar surface area (TPSA) is 63.4 Å². The summed E-state index contributed by atoms with van der Waals surface area (Å²) in [5.41, 5.74) is 1.99. The maximum atomic E-state index is 5.87. The van der Waals surface area contributed by atoms with Gasteiger partial charge in [-0.25, -0.2) is 9.97 Å². The Balaban J connectivity index is 1.38. The van der Waals surface area contributed by atoms with Crippen molar-refractivity contribution < 1.29 is 9.15 Å². The molecule has 0 amide bonds. The van der Waals surface area contributed by atoms with E-state index in [9.17, 15) is 0 Å². The third kappa shape index (κ3) is 4.00. The summed E-state index contributed by atoms with van der Waals surface area (Å²) in [6.45, 7) is 5.67. The monoisotopic (exact) mass is 392 g/mol. The predicted octanol–water partition coefficient (Wildman–Crippen LogP) is 3.94. The number of hydrogen-bond donors (Lipinski definition) is 1. The quantitative estimate of drug-likeness (QED) is 0.726. The van der Waals surface area contributed by atoms with Gasteiger partial charge in [-0.05, 0) is 44.7 Å². The highest BCUT2D eigenvalue weighted by molar-refractivity contribution is 5.87. The van der Waals surface area contributed by atoms with Gasteiger partial charge in [-0.1, -0.05) is 18.2 Å². The van der Waals surface area contributed by atoms with Gasteiger partial charge in [0.05, 0.1) is 17.3 Å². The van der Waals surface area contributed by atoms with Gasteiger partial charge >= 0.3 is 0 Å². The first kappa shape index (κ1) is 18.6. The number of nitrogens with one attached hydrogen (secondary N) is 1. The van der Waals surface area contributed by atoms with Crippen LogP contribution in [0.4, 0.5) is 5.82 Å². The number of benzene rings is 1. The Kier molecular flexibility index (Phi) is 5.21. The van der Waals surface area contributed by atoms with Crippen LogP contribution in [0, 0.1) is 6.92 Å². The number of pyridine rings is 1. The van der Waals surface area contributed by atoms with Crippen molar-refractivity contribution in [2.75, 3.05) is 31.2 Å². The molecule has 4 heterocycles. The van der Waals surface area contributed by atoms with Crippen LogP contribution < -0.4 is 10.2 Å². The molecule has 0 unspecified atom stereocenters. The highest BCUT2D eigenvalue weighted by Gasteiger charge is 2.26. The molecule has 0 aliphatic carbocycles. The third-order valence-electron chi connectivity index (χ3n) is 6.04. The summed E-state index contributed by atoms with van der Waals surface area (Å²) in [6.07, 6.45) is 6.27. The van der Waals surface area contributed by atoms with Gasteiger partial charge in [0.15, 0.2) is 0 Å². The number of nitrogens with zero attached hydrogens (tertiary/aromatic N) is 3. The average molecular weight is 393 g/mol. The Morgan fingerprint density at radius 3 is 2.55 bits per heavy atom. The van der Waals surface area contributed by atoms with Crippen molar-refractivity contribution in [3.05, 3.63) is 42.3 Å². The normalized spacial score (nSPS) is 19.1. The fraction of sp³-hybridized carbons (Fsp3) is 0.478. The highest BCUT2D eigenvalue weighted by atomic mass is 16.5. The van der Waals surface area contributed by atoms with E-state index >= 15 is 0 Å². The van der Waals surface area contributed by atoms with Crippen LogP contribution in [0.25, 0.3) is 22.4 Å². The van der Waals surface area contributed by atoms with Gasteiger partial charge in [-0.3, -0.25) is 0 Å². The molecular formula is C23H28N4O2. The molecule has 0 spiro atoms. The molecule has 6 heteroatoms. The zero-order valence-electron chi connectivity index (χ0n) is 16.9. The highest BCUT2D eigenvalue weighted by Crippen LogP contribution is 2.33. The molecule has 6 nitrogen and oxygen atoms in total. The van der Waals surface area contributed by atoms with E-state index in [1.807, 2.05) is 19.1 Å². The number of hydrogen-bond acceptors (Lipinski definition) is 6. The van der Waals surface area contributed by atoms with Crippen LogP contribution in [0.3, 0.4) is 0 Å². The summed E-state index contributed by atoms with van der Waals surface area (Å²) in [5, 5.41) is 4.96. The van der Waals surface area contributed by atoms with E-state index in [1.54, 1.807) is 6.20 Å². The molecule has 29 heavy (non-hydrogen) atoms. The van der Waals surface area contributed by atoms with E-state index in [4.69, 9.17) is 14.1 Å². The molecule has 2 saturated heterocycles. The second kappa shape index (κ2) is 8.13. The van der Waals surface area contributed by atoms with Crippen molar-refractivity contribution in [3.8, 4) is 11.5 Å². The molecule has 2 aliphatic rings. The Morgan fingerprint density at radius 2 is 1.79 bits per heavy atom. The summed E-state index contributed by atoms with van der Waals surface area (Å²) in [4.78, 5) is 11.9. The summed E-state index contributed by atoms with van der Waals surface area (Å²) in [7, 11) is 0. The minimum Gasteiger partial charge on any atom is -0.441 e. The molecule has 0 saturated carbocycles. The molecule has 1 N–H and O–H groups in total. The van der Waals surface area contributed by atoms with Gasteiger partial charge in [-0.15, -0.1) is 0 Å². The average Bonchev–Trinajstić information content (AvgIpc) is 3.20. The van der Waals surface area contributed by atoms with E-state index < -0.39 is 0 Å². The Labute approximate surface area is 171 Å². The number of oxazole rings is 1. The molecule has 2 aliphatic heterocycles. The van der Waals surface area contributed by atoms with Gasteiger partial charge in [0, 0.05) is 43.8 Å². The molecule has 2 fully saturated rings. The van der Waals surface area contributed by atoms with Gasteiger partial charge in [0.2, 0.25) is 5.89 Å². The lowest BCUT2D eigenvalue weighted by Gasteiger charge is -2.36. The maximum absolute atomic E-state index is 5.87. The van der Waals surface area contributed by atoms with Crippen LogP contribution in [0.5, 0.6) is 0 Å². The third-order valence-corrected chi connectivity index (χ3v) is 6.04. The van der Waals surface area contributed by atoms with E-state index in [-0.39, 0.29) is 0 Å². The Hall–Kier alpha value is -2.44. The minimum atomic E-state index is 0.572. The first-order valence-corrected chi connectivity index (χ1v) is 10.7. The summed E-state index contributed by atoms with van der Waals surface area (Å²) < 4.78 is 11.4. The Morgan fingerprint density at radius 1 is 1.03 bits per heavy atom. The van der Waals surface area contributed by atoms with Crippen molar-refractivity contribution >= 4 is 16.7 Å². The number of piperidine rings is 1. The summed E-state index contributed by atoms with van der Waals surface area (Å²) in [5.74, 6) is 2.45. The van der Waals surface area contributed by atoms with Crippen LogP contribution >= 0.6 is 0 Å². The maximum Gasteiger partial charge on any atom is 0.229 e. The number of rotatable bonds is 4. The molecule has 2 aromatic heterocycles. The molecule has 0 bridgehead atoms. The van der Waals surface area contributed by atoms with Crippen molar-refractivity contribution in [3.63, 3.8) is 0 Å². The van der Waals surface area contributed by atoms with E-state index in [1.165, 1.54) is 0 Å². The number of ether oxygens (including phenoxy) is 1. The second-order valence-electron chi connectivity index (χ2n) is 8.14. The van der Waals surface area contributed by atoms with Crippen molar-refractivity contribution in [1.82, 2.24) is 15.3 Å². The zero-order chi connectivity index (χ0) is 19.6. The van der Waals surface area contributed by atoms with Crippen LogP contribution in [-0.2, 0) is 4.74 Å². The second-order valence-corrected chi connectivity index (χ2v) is 8.14. The van der Waals surface area contributed by atoms with Gasteiger partial charge in [-0.2, -0.15) is 0 Å². The molecule has 1 aromatic carbocycles. The first-order chi connectivity index (χ1) is 14.3. The van der Waals surface area contributed by atoms with Crippen molar-refractivity contribution in [2.45, 2.75) is 44.7 Å². The minimum absolute atomic E-state index is 0.572. The first-order valence-electron chi connectivity index (χ1n) is 10.7. The van der Waals surface area contributed by atoms with E-state index in [0.717, 1.165) is 80.0 Å². The van der Waals surface area contributed by atoms with Crippen molar-refractivity contribution in [1.29, 1.82) is 0 Å². The lowest BCUT2D eigenvalue weighted by molar-refractivity contribution is 0.0738.